The fourth-order valence-corrected chi connectivity index (χ4v) is 1.43. The van der Waals surface area contributed by atoms with Crippen LogP contribution in [0.25, 0.3) is 5.65 Å². The molecule has 2 rings (SSSR count). The first-order chi connectivity index (χ1) is 7.38. The summed E-state index contributed by atoms with van der Waals surface area (Å²) in [5.74, 6) is 0. The fraction of sp³-hybridized carbons (Fsp3) is 0.111. The van der Waals surface area contributed by atoms with Crippen molar-refractivity contribution in [3.63, 3.8) is 0 Å². The first-order valence-electron chi connectivity index (χ1n) is 4.14. The third-order valence-electron chi connectivity index (χ3n) is 1.96. The number of rotatable bonds is 0. The van der Waals surface area contributed by atoms with Crippen LogP contribution in [0.4, 0.5) is 13.2 Å². The zero-order valence-electron chi connectivity index (χ0n) is 7.62. The second-order valence-corrected chi connectivity index (χ2v) is 3.45. The van der Waals surface area contributed by atoms with Crippen LogP contribution in [-0.4, -0.2) is 9.38 Å². The largest absolute Gasteiger partial charge is 0.416 e. The number of hydrogen-bond donors (Lipinski definition) is 0. The summed E-state index contributed by atoms with van der Waals surface area (Å²) in [5, 5.41) is -0.135. The zero-order chi connectivity index (χ0) is 11.9. The lowest BCUT2D eigenvalue weighted by molar-refractivity contribution is -0.137. The summed E-state index contributed by atoms with van der Waals surface area (Å²) in [4.78, 5) is 15.0. The molecule has 0 unspecified atom stereocenters. The topological polar surface area (TPSA) is 34.4 Å². The summed E-state index contributed by atoms with van der Waals surface area (Å²) in [6.45, 7) is 0. The molecule has 0 atom stereocenters. The van der Waals surface area contributed by atoms with Crippen LogP contribution in [0.5, 0.6) is 0 Å². The van der Waals surface area contributed by atoms with Gasteiger partial charge in [0, 0.05) is 12.3 Å². The molecule has 0 bridgehead atoms. The van der Waals surface area contributed by atoms with Gasteiger partial charge in [-0.1, -0.05) is 11.6 Å². The monoisotopic (exact) mass is 248 g/mol. The van der Waals surface area contributed by atoms with Gasteiger partial charge >= 0.3 is 6.18 Å². The molecule has 3 nitrogen and oxygen atoms in total. The van der Waals surface area contributed by atoms with Crippen LogP contribution in [-0.2, 0) is 6.18 Å². The van der Waals surface area contributed by atoms with Crippen LogP contribution >= 0.6 is 11.6 Å². The average Bonchev–Trinajstić information content (AvgIpc) is 2.15. The van der Waals surface area contributed by atoms with Gasteiger partial charge < -0.3 is 0 Å². The van der Waals surface area contributed by atoms with Crippen LogP contribution in [0.15, 0.2) is 29.2 Å². The van der Waals surface area contributed by atoms with Gasteiger partial charge in [-0.25, -0.2) is 4.98 Å². The normalized spacial score (nSPS) is 12.0. The van der Waals surface area contributed by atoms with Crippen molar-refractivity contribution >= 4 is 17.2 Å². The number of hydrogen-bond acceptors (Lipinski definition) is 2. The van der Waals surface area contributed by atoms with E-state index >= 15 is 0 Å². The highest BCUT2D eigenvalue weighted by Gasteiger charge is 2.30. The Bertz CT molecular complexity index is 606. The van der Waals surface area contributed by atoms with Crippen molar-refractivity contribution in [2.75, 3.05) is 0 Å². The third-order valence-corrected chi connectivity index (χ3v) is 2.16. The van der Waals surface area contributed by atoms with Crippen LogP contribution in [0, 0.1) is 0 Å². The molecule has 16 heavy (non-hydrogen) atoms. The number of aromatic nitrogens is 2. The summed E-state index contributed by atoms with van der Waals surface area (Å²) in [6, 6.07) is 2.61. The highest BCUT2D eigenvalue weighted by atomic mass is 35.5. The Morgan fingerprint density at radius 2 is 2.00 bits per heavy atom. The van der Waals surface area contributed by atoms with Crippen molar-refractivity contribution in [2.45, 2.75) is 6.18 Å². The van der Waals surface area contributed by atoms with Gasteiger partial charge in [0.2, 0.25) is 0 Å². The minimum Gasteiger partial charge on any atom is -0.269 e. The van der Waals surface area contributed by atoms with Crippen molar-refractivity contribution in [2.24, 2.45) is 0 Å². The molecule has 0 N–H and O–H groups in total. The summed E-state index contributed by atoms with van der Waals surface area (Å²) in [6.07, 6.45) is -3.45. The van der Waals surface area contributed by atoms with Gasteiger partial charge in [0.25, 0.3) is 5.56 Å². The first-order valence-corrected chi connectivity index (χ1v) is 4.52. The number of halogens is 4. The van der Waals surface area contributed by atoms with E-state index in [2.05, 4.69) is 4.98 Å². The Balaban J connectivity index is 2.76. The summed E-state index contributed by atoms with van der Waals surface area (Å²) >= 11 is 5.48. The second-order valence-electron chi connectivity index (χ2n) is 3.06. The van der Waals surface area contributed by atoms with Crippen molar-refractivity contribution < 1.29 is 13.2 Å². The number of alkyl halides is 3. The van der Waals surface area contributed by atoms with E-state index in [1.807, 2.05) is 0 Å². The van der Waals surface area contributed by atoms with Crippen molar-refractivity contribution in [3.05, 3.63) is 45.5 Å². The maximum absolute atomic E-state index is 12.4. The Morgan fingerprint density at radius 1 is 1.31 bits per heavy atom. The minimum absolute atomic E-state index is 0.132. The van der Waals surface area contributed by atoms with Crippen LogP contribution in [0.3, 0.4) is 0 Å². The molecular formula is C9H4ClF3N2O. The van der Waals surface area contributed by atoms with E-state index in [-0.39, 0.29) is 10.8 Å². The lowest BCUT2D eigenvalue weighted by Gasteiger charge is -2.07. The molecular weight excluding hydrogens is 245 g/mol. The Labute approximate surface area is 92.1 Å². The molecule has 2 aromatic heterocycles. The van der Waals surface area contributed by atoms with E-state index in [0.29, 0.717) is 0 Å². The first kappa shape index (κ1) is 10.9. The van der Waals surface area contributed by atoms with E-state index in [4.69, 9.17) is 11.6 Å². The SMILES string of the molecule is O=c1cc(Cl)nc2cc(C(F)(F)F)ccn12. The molecule has 0 radical (unpaired) electrons. The third kappa shape index (κ3) is 1.88. The minimum atomic E-state index is -4.47. The van der Waals surface area contributed by atoms with Gasteiger partial charge in [0.1, 0.15) is 10.8 Å². The van der Waals surface area contributed by atoms with Gasteiger partial charge in [-0.05, 0) is 12.1 Å². The molecule has 0 aliphatic heterocycles. The molecule has 0 amide bonds. The van der Waals surface area contributed by atoms with Gasteiger partial charge in [0.15, 0.2) is 0 Å². The quantitative estimate of drug-likeness (QED) is 0.671. The van der Waals surface area contributed by atoms with Crippen molar-refractivity contribution in [1.82, 2.24) is 9.38 Å². The molecule has 0 fully saturated rings. The van der Waals surface area contributed by atoms with E-state index in [1.165, 1.54) is 0 Å². The lowest BCUT2D eigenvalue weighted by Crippen LogP contribution is -2.15. The summed E-state index contributed by atoms with van der Waals surface area (Å²) in [7, 11) is 0. The Morgan fingerprint density at radius 3 is 2.62 bits per heavy atom. The molecule has 2 aromatic rings. The highest BCUT2D eigenvalue weighted by Crippen LogP contribution is 2.29. The van der Waals surface area contributed by atoms with E-state index in [0.717, 1.165) is 28.8 Å². The molecule has 0 aliphatic carbocycles. The second kappa shape index (κ2) is 3.48. The van der Waals surface area contributed by atoms with Gasteiger partial charge in [-0.3, -0.25) is 9.20 Å². The predicted molar refractivity (Wildman–Crippen MR) is 51.5 cm³/mol. The Hall–Kier alpha value is -1.56. The predicted octanol–water partition coefficient (Wildman–Crippen LogP) is 2.37. The maximum atomic E-state index is 12.4. The molecule has 7 heteroatoms. The van der Waals surface area contributed by atoms with Gasteiger partial charge in [-0.2, -0.15) is 13.2 Å². The fourth-order valence-electron chi connectivity index (χ4n) is 1.25. The molecule has 84 valence electrons. The van der Waals surface area contributed by atoms with Crippen LogP contribution in [0.1, 0.15) is 5.56 Å². The standard InChI is InChI=1S/C9H4ClF3N2O/c10-6-4-8(16)15-2-1-5(9(11,12)13)3-7(15)14-6/h1-4H. The summed E-state index contributed by atoms with van der Waals surface area (Å²) in [5.41, 5.74) is -1.53. The van der Waals surface area contributed by atoms with E-state index in [1.54, 1.807) is 0 Å². The van der Waals surface area contributed by atoms with Crippen LogP contribution < -0.4 is 5.56 Å². The number of nitrogens with zero attached hydrogens (tertiary/aromatic N) is 2. The van der Waals surface area contributed by atoms with Crippen LogP contribution in [0.2, 0.25) is 5.15 Å². The molecule has 0 saturated carbocycles. The Kier molecular flexibility index (Phi) is 2.38. The van der Waals surface area contributed by atoms with E-state index in [9.17, 15) is 18.0 Å². The van der Waals surface area contributed by atoms with Gasteiger partial charge in [0.05, 0.1) is 5.56 Å². The smallest absolute Gasteiger partial charge is 0.269 e. The molecule has 0 spiro atoms. The maximum Gasteiger partial charge on any atom is 0.416 e. The molecule has 2 heterocycles. The molecule has 0 aromatic carbocycles. The zero-order valence-corrected chi connectivity index (χ0v) is 8.38. The number of fused-ring (bicyclic) bond motifs is 1. The molecule has 0 saturated heterocycles. The van der Waals surface area contributed by atoms with Crippen molar-refractivity contribution in [1.29, 1.82) is 0 Å². The molecule has 0 aliphatic rings. The van der Waals surface area contributed by atoms with Crippen molar-refractivity contribution in [3.8, 4) is 0 Å². The number of pyridine rings is 1. The summed E-state index contributed by atoms with van der Waals surface area (Å²) < 4.78 is 38.1. The van der Waals surface area contributed by atoms with E-state index < -0.39 is 17.3 Å². The van der Waals surface area contributed by atoms with Gasteiger partial charge in [-0.15, -0.1) is 0 Å². The average molecular weight is 249 g/mol. The highest BCUT2D eigenvalue weighted by molar-refractivity contribution is 6.29. The lowest BCUT2D eigenvalue weighted by atomic mass is 10.2.